The van der Waals surface area contributed by atoms with E-state index in [2.05, 4.69) is 32.4 Å². The zero-order valence-electron chi connectivity index (χ0n) is 16.3. The average molecular weight is 431 g/mol. The molecule has 10 heteroatoms. The van der Waals surface area contributed by atoms with Gasteiger partial charge in [0.2, 0.25) is 11.8 Å². The molecule has 2 amide bonds. The highest BCUT2D eigenvalue weighted by molar-refractivity contribution is 7.99. The van der Waals surface area contributed by atoms with Crippen LogP contribution in [-0.4, -0.2) is 37.1 Å². The van der Waals surface area contributed by atoms with Crippen molar-refractivity contribution in [3.8, 4) is 0 Å². The molecule has 2 aliphatic carbocycles. The summed E-state index contributed by atoms with van der Waals surface area (Å²) in [7, 11) is 0. The number of carbonyl (C=O) groups excluding carboxylic acids is 2. The lowest BCUT2D eigenvalue weighted by Crippen LogP contribution is -2.41. The van der Waals surface area contributed by atoms with Gasteiger partial charge in [-0.1, -0.05) is 18.7 Å². The number of nitrogens with one attached hydrogen (secondary N) is 2. The van der Waals surface area contributed by atoms with Crippen molar-refractivity contribution in [2.75, 3.05) is 5.75 Å². The number of thiophene rings is 1. The van der Waals surface area contributed by atoms with E-state index in [-0.39, 0.29) is 17.6 Å². The summed E-state index contributed by atoms with van der Waals surface area (Å²) in [6.45, 7) is 3.66. The molecule has 29 heavy (non-hydrogen) atoms. The Hall–Kier alpha value is -2.20. The van der Waals surface area contributed by atoms with Gasteiger partial charge in [-0.05, 0) is 43.6 Å². The first-order valence-corrected chi connectivity index (χ1v) is 11.7. The number of hydrogen-bond acceptors (Lipinski definition) is 7. The standard InChI is InChI=1S/C19H22N6O2S2/c1-9-3-6-12-13(7-9)29-18-15(12)17-23-24-19(25(17)16(20-18)11-4-5-11)28-8-14(27)22-21-10(2)26/h9,11H,3-8H2,1-2H3,(H,21,26)(H,22,27)/t9-/m0/s1. The maximum atomic E-state index is 12.0. The van der Waals surface area contributed by atoms with Crippen LogP contribution >= 0.6 is 23.1 Å². The van der Waals surface area contributed by atoms with Gasteiger partial charge in [-0.3, -0.25) is 24.8 Å². The Morgan fingerprint density at radius 2 is 2.07 bits per heavy atom. The van der Waals surface area contributed by atoms with Crippen LogP contribution in [-0.2, 0) is 22.4 Å². The highest BCUT2D eigenvalue weighted by Crippen LogP contribution is 2.44. The molecule has 8 nitrogen and oxygen atoms in total. The fraction of sp³-hybridized carbons (Fsp3) is 0.526. The van der Waals surface area contributed by atoms with E-state index < -0.39 is 0 Å². The van der Waals surface area contributed by atoms with Gasteiger partial charge in [0.25, 0.3) is 0 Å². The maximum Gasteiger partial charge on any atom is 0.248 e. The third-order valence-electron chi connectivity index (χ3n) is 5.45. The number of carbonyl (C=O) groups is 2. The second-order valence-electron chi connectivity index (χ2n) is 7.94. The van der Waals surface area contributed by atoms with Gasteiger partial charge in [0, 0.05) is 17.7 Å². The Bertz CT molecular complexity index is 1130. The van der Waals surface area contributed by atoms with Crippen LogP contribution in [0.15, 0.2) is 5.16 Å². The minimum Gasteiger partial charge on any atom is -0.274 e. The van der Waals surface area contributed by atoms with E-state index in [0.29, 0.717) is 17.0 Å². The summed E-state index contributed by atoms with van der Waals surface area (Å²) in [6.07, 6.45) is 5.61. The fourth-order valence-electron chi connectivity index (χ4n) is 3.87. The highest BCUT2D eigenvalue weighted by Gasteiger charge is 2.32. The third kappa shape index (κ3) is 3.48. The van der Waals surface area contributed by atoms with Crippen molar-refractivity contribution in [2.45, 2.75) is 57.0 Å². The van der Waals surface area contributed by atoms with E-state index in [1.807, 2.05) is 11.3 Å². The number of rotatable bonds is 4. The van der Waals surface area contributed by atoms with Crippen molar-refractivity contribution in [3.05, 3.63) is 16.3 Å². The molecule has 0 aliphatic heterocycles. The van der Waals surface area contributed by atoms with Gasteiger partial charge >= 0.3 is 0 Å². The molecule has 152 valence electrons. The van der Waals surface area contributed by atoms with Crippen molar-refractivity contribution in [2.24, 2.45) is 5.92 Å². The SMILES string of the molecule is CC(=O)NNC(=O)CSc1nnc2c3c4c(sc3nc(C3CC3)n12)C[C@@H](C)CC4. The quantitative estimate of drug-likeness (QED) is 0.487. The summed E-state index contributed by atoms with van der Waals surface area (Å²) in [4.78, 5) is 30.5. The molecular weight excluding hydrogens is 408 g/mol. The molecule has 0 bridgehead atoms. The van der Waals surface area contributed by atoms with Crippen LogP contribution < -0.4 is 10.9 Å². The predicted octanol–water partition coefficient (Wildman–Crippen LogP) is 2.60. The zero-order valence-corrected chi connectivity index (χ0v) is 18.0. The van der Waals surface area contributed by atoms with Crippen LogP contribution in [0.25, 0.3) is 15.9 Å². The molecule has 0 unspecified atom stereocenters. The number of thioether (sulfide) groups is 1. The fourth-order valence-corrected chi connectivity index (χ4v) is 6.00. The smallest absolute Gasteiger partial charge is 0.248 e. The van der Waals surface area contributed by atoms with Crippen LogP contribution in [0.3, 0.4) is 0 Å². The summed E-state index contributed by atoms with van der Waals surface area (Å²) >= 11 is 3.13. The first kappa shape index (κ1) is 18.8. The number of aromatic nitrogens is 4. The molecular formula is C19H22N6O2S2. The van der Waals surface area contributed by atoms with Crippen molar-refractivity contribution in [1.82, 2.24) is 30.4 Å². The first-order valence-electron chi connectivity index (χ1n) is 9.88. The molecule has 3 heterocycles. The Kier molecular flexibility index (Phi) is 4.70. The lowest BCUT2D eigenvalue weighted by atomic mass is 9.89. The van der Waals surface area contributed by atoms with Crippen molar-refractivity contribution < 1.29 is 9.59 Å². The highest BCUT2D eigenvalue weighted by atomic mass is 32.2. The normalized spacial score (nSPS) is 18.8. The molecule has 2 N–H and O–H groups in total. The summed E-state index contributed by atoms with van der Waals surface area (Å²) in [6, 6.07) is 0. The van der Waals surface area contributed by atoms with E-state index in [0.717, 1.165) is 47.4 Å². The molecule has 5 rings (SSSR count). The van der Waals surface area contributed by atoms with Gasteiger partial charge in [-0.25, -0.2) is 4.98 Å². The minimum atomic E-state index is -0.310. The summed E-state index contributed by atoms with van der Waals surface area (Å²) < 4.78 is 2.06. The van der Waals surface area contributed by atoms with Gasteiger partial charge in [0.15, 0.2) is 10.8 Å². The molecule has 1 atom stereocenters. The van der Waals surface area contributed by atoms with Gasteiger partial charge in [-0.15, -0.1) is 21.5 Å². The van der Waals surface area contributed by atoms with Gasteiger partial charge in [-0.2, -0.15) is 0 Å². The van der Waals surface area contributed by atoms with E-state index >= 15 is 0 Å². The van der Waals surface area contributed by atoms with Gasteiger partial charge in [0.1, 0.15) is 10.7 Å². The van der Waals surface area contributed by atoms with Crippen LogP contribution in [0.1, 0.15) is 55.3 Å². The Balaban J connectivity index is 1.54. The maximum absolute atomic E-state index is 12.0. The average Bonchev–Trinajstić information content (AvgIpc) is 3.34. The van der Waals surface area contributed by atoms with Crippen LogP contribution in [0, 0.1) is 5.92 Å². The van der Waals surface area contributed by atoms with Crippen LogP contribution in [0.4, 0.5) is 0 Å². The molecule has 1 saturated carbocycles. The predicted molar refractivity (Wildman–Crippen MR) is 112 cm³/mol. The van der Waals surface area contributed by atoms with E-state index in [1.165, 1.54) is 35.5 Å². The van der Waals surface area contributed by atoms with Crippen molar-refractivity contribution >= 4 is 50.8 Å². The van der Waals surface area contributed by atoms with Gasteiger partial charge < -0.3 is 0 Å². The topological polar surface area (TPSA) is 101 Å². The third-order valence-corrected chi connectivity index (χ3v) is 7.53. The van der Waals surface area contributed by atoms with Crippen molar-refractivity contribution in [3.63, 3.8) is 0 Å². The number of nitrogens with zero attached hydrogens (tertiary/aromatic N) is 4. The van der Waals surface area contributed by atoms with Crippen LogP contribution in [0.2, 0.25) is 0 Å². The molecule has 1 fully saturated rings. The molecule has 0 spiro atoms. The van der Waals surface area contributed by atoms with E-state index in [4.69, 9.17) is 4.98 Å². The first-order chi connectivity index (χ1) is 14.0. The minimum absolute atomic E-state index is 0.141. The summed E-state index contributed by atoms with van der Waals surface area (Å²) in [5.74, 6) is 1.70. The Labute approximate surface area is 175 Å². The molecule has 0 radical (unpaired) electrons. The molecule has 3 aromatic rings. The lowest BCUT2D eigenvalue weighted by molar-refractivity contribution is -0.126. The number of fused-ring (bicyclic) bond motifs is 5. The van der Waals surface area contributed by atoms with E-state index in [9.17, 15) is 9.59 Å². The van der Waals surface area contributed by atoms with E-state index in [1.54, 1.807) is 0 Å². The second kappa shape index (κ2) is 7.24. The number of amides is 2. The summed E-state index contributed by atoms with van der Waals surface area (Å²) in [5.41, 5.74) is 6.94. The lowest BCUT2D eigenvalue weighted by Gasteiger charge is -2.17. The number of hydrazine groups is 1. The second-order valence-corrected chi connectivity index (χ2v) is 9.96. The molecule has 0 aromatic carbocycles. The van der Waals surface area contributed by atoms with Crippen LogP contribution in [0.5, 0.6) is 0 Å². The largest absolute Gasteiger partial charge is 0.274 e. The van der Waals surface area contributed by atoms with Gasteiger partial charge in [0.05, 0.1) is 11.1 Å². The molecule has 3 aromatic heterocycles. The number of hydrogen-bond donors (Lipinski definition) is 2. The monoisotopic (exact) mass is 430 g/mol. The van der Waals surface area contributed by atoms with Crippen molar-refractivity contribution in [1.29, 1.82) is 0 Å². The number of aryl methyl sites for hydroxylation is 1. The molecule has 2 aliphatic rings. The summed E-state index contributed by atoms with van der Waals surface area (Å²) in [5, 5.41) is 10.7. The Morgan fingerprint density at radius 1 is 1.24 bits per heavy atom. The molecule has 0 saturated heterocycles. The zero-order chi connectivity index (χ0) is 20.1. The Morgan fingerprint density at radius 3 is 2.83 bits per heavy atom.